The van der Waals surface area contributed by atoms with Crippen molar-refractivity contribution in [1.29, 1.82) is 0 Å². The zero-order valence-corrected chi connectivity index (χ0v) is 15.8. The second kappa shape index (κ2) is 7.34. The SMILES string of the molecule is CC(C)Oc1ccccc1NC(=O)c1nc(C(=O)NC2CC2)c2ccccn12. The number of carbonyl (C=O) groups is 2. The van der Waals surface area contributed by atoms with E-state index in [1.807, 2.05) is 32.0 Å². The third-order valence-corrected chi connectivity index (χ3v) is 4.38. The molecule has 0 aliphatic heterocycles. The van der Waals surface area contributed by atoms with E-state index in [1.165, 1.54) is 0 Å². The predicted octanol–water partition coefficient (Wildman–Crippen LogP) is 3.27. The number of pyridine rings is 1. The average Bonchev–Trinajstić information content (AvgIpc) is 3.39. The molecule has 0 radical (unpaired) electrons. The molecule has 2 N–H and O–H groups in total. The molecule has 0 saturated heterocycles. The van der Waals surface area contributed by atoms with Gasteiger partial charge in [-0.2, -0.15) is 0 Å². The minimum absolute atomic E-state index is 0.0250. The molecule has 0 atom stereocenters. The zero-order valence-electron chi connectivity index (χ0n) is 15.8. The Labute approximate surface area is 162 Å². The maximum Gasteiger partial charge on any atom is 0.292 e. The molecule has 7 nitrogen and oxygen atoms in total. The highest BCUT2D eigenvalue weighted by Gasteiger charge is 2.27. The van der Waals surface area contributed by atoms with Crippen LogP contribution in [-0.2, 0) is 0 Å². The normalized spacial score (nSPS) is 13.5. The summed E-state index contributed by atoms with van der Waals surface area (Å²) in [5.74, 6) is 0.0644. The number of hydrogen-bond donors (Lipinski definition) is 2. The number of aromatic nitrogens is 2. The van der Waals surface area contributed by atoms with Crippen LogP contribution in [0.4, 0.5) is 5.69 Å². The molecule has 7 heteroatoms. The molecule has 1 aromatic carbocycles. The van der Waals surface area contributed by atoms with E-state index in [4.69, 9.17) is 4.74 Å². The molecule has 4 rings (SSSR count). The second-order valence-corrected chi connectivity index (χ2v) is 7.10. The first-order chi connectivity index (χ1) is 13.5. The quantitative estimate of drug-likeness (QED) is 0.689. The summed E-state index contributed by atoms with van der Waals surface area (Å²) in [6, 6.07) is 12.8. The number of hydrogen-bond acceptors (Lipinski definition) is 4. The first-order valence-electron chi connectivity index (χ1n) is 9.38. The van der Waals surface area contributed by atoms with Gasteiger partial charge in [0.1, 0.15) is 5.75 Å². The summed E-state index contributed by atoms with van der Waals surface area (Å²) in [4.78, 5) is 29.8. The summed E-state index contributed by atoms with van der Waals surface area (Å²) in [5.41, 5.74) is 1.40. The molecule has 1 saturated carbocycles. The van der Waals surface area contributed by atoms with Crippen molar-refractivity contribution < 1.29 is 14.3 Å². The fraction of sp³-hybridized carbons (Fsp3) is 0.286. The summed E-state index contributed by atoms with van der Waals surface area (Å²) in [6.07, 6.45) is 3.67. The number of rotatable bonds is 6. The van der Waals surface area contributed by atoms with Gasteiger partial charge < -0.3 is 15.4 Å². The molecule has 0 unspecified atom stereocenters. The maximum absolute atomic E-state index is 13.0. The molecule has 144 valence electrons. The fourth-order valence-electron chi connectivity index (χ4n) is 2.95. The lowest BCUT2D eigenvalue weighted by atomic mass is 10.3. The van der Waals surface area contributed by atoms with Crippen molar-refractivity contribution in [2.24, 2.45) is 0 Å². The molecule has 2 amide bonds. The van der Waals surface area contributed by atoms with Crippen molar-refractivity contribution in [2.45, 2.75) is 38.8 Å². The van der Waals surface area contributed by atoms with Gasteiger partial charge in [-0.05, 0) is 51.0 Å². The smallest absolute Gasteiger partial charge is 0.292 e. The molecular weight excluding hydrogens is 356 g/mol. The molecule has 2 aromatic heterocycles. The molecule has 1 aliphatic carbocycles. The van der Waals surface area contributed by atoms with Crippen molar-refractivity contribution in [2.75, 3.05) is 5.32 Å². The number of amides is 2. The van der Waals surface area contributed by atoms with E-state index in [-0.39, 0.29) is 29.6 Å². The Balaban J connectivity index is 1.66. The Morgan fingerprint density at radius 2 is 1.86 bits per heavy atom. The molecule has 3 aromatic rings. The Bertz CT molecular complexity index is 1040. The standard InChI is InChI=1S/C21H22N4O3/c1-13(2)28-17-9-4-3-7-15(17)23-21(27)19-24-18(20(26)22-14-10-11-14)16-8-5-6-12-25(16)19/h3-9,12-14H,10-11H2,1-2H3,(H,22,26)(H,23,27). The van der Waals surface area contributed by atoms with Crippen LogP contribution in [0.2, 0.25) is 0 Å². The van der Waals surface area contributed by atoms with Crippen LogP contribution in [0.15, 0.2) is 48.7 Å². The van der Waals surface area contributed by atoms with E-state index in [1.54, 1.807) is 34.9 Å². The van der Waals surface area contributed by atoms with Crippen LogP contribution < -0.4 is 15.4 Å². The number of fused-ring (bicyclic) bond motifs is 1. The molecule has 0 spiro atoms. The number of ether oxygens (including phenoxy) is 1. The average molecular weight is 378 g/mol. The van der Waals surface area contributed by atoms with Gasteiger partial charge in [-0.15, -0.1) is 0 Å². The second-order valence-electron chi connectivity index (χ2n) is 7.10. The van der Waals surface area contributed by atoms with E-state index in [9.17, 15) is 9.59 Å². The Morgan fingerprint density at radius 1 is 1.11 bits per heavy atom. The minimum Gasteiger partial charge on any atom is -0.489 e. The van der Waals surface area contributed by atoms with E-state index >= 15 is 0 Å². The number of benzene rings is 1. The third kappa shape index (κ3) is 3.69. The first kappa shape index (κ1) is 18.0. The summed E-state index contributed by atoms with van der Waals surface area (Å²) >= 11 is 0. The highest BCUT2D eigenvalue weighted by atomic mass is 16.5. The van der Waals surface area contributed by atoms with Crippen molar-refractivity contribution in [1.82, 2.24) is 14.7 Å². The van der Waals surface area contributed by atoms with Crippen LogP contribution in [0, 0.1) is 0 Å². The molecule has 0 bridgehead atoms. The predicted molar refractivity (Wildman–Crippen MR) is 106 cm³/mol. The molecule has 1 aliphatic rings. The van der Waals surface area contributed by atoms with Crippen molar-refractivity contribution in [3.05, 3.63) is 60.2 Å². The van der Waals surface area contributed by atoms with Crippen molar-refractivity contribution >= 4 is 23.0 Å². The third-order valence-electron chi connectivity index (χ3n) is 4.38. The van der Waals surface area contributed by atoms with Gasteiger partial charge in [0, 0.05) is 12.2 Å². The topological polar surface area (TPSA) is 84.7 Å². The number of nitrogens with zero attached hydrogens (tertiary/aromatic N) is 2. The van der Waals surface area contributed by atoms with E-state index in [0.29, 0.717) is 17.0 Å². The van der Waals surface area contributed by atoms with E-state index in [2.05, 4.69) is 15.6 Å². The van der Waals surface area contributed by atoms with Gasteiger partial charge in [-0.1, -0.05) is 18.2 Å². The highest BCUT2D eigenvalue weighted by Crippen LogP contribution is 2.26. The van der Waals surface area contributed by atoms with Crippen LogP contribution in [0.25, 0.3) is 5.52 Å². The van der Waals surface area contributed by atoms with Crippen LogP contribution in [0.5, 0.6) is 5.75 Å². The minimum atomic E-state index is -0.411. The summed E-state index contributed by atoms with van der Waals surface area (Å²) in [7, 11) is 0. The molecular formula is C21H22N4O3. The monoisotopic (exact) mass is 378 g/mol. The van der Waals surface area contributed by atoms with Crippen LogP contribution in [0.3, 0.4) is 0 Å². The van der Waals surface area contributed by atoms with Crippen molar-refractivity contribution in [3.8, 4) is 5.75 Å². The number of anilines is 1. The van der Waals surface area contributed by atoms with Gasteiger partial charge in [0.05, 0.1) is 17.3 Å². The van der Waals surface area contributed by atoms with Gasteiger partial charge in [0.2, 0.25) is 5.82 Å². The lowest BCUT2D eigenvalue weighted by molar-refractivity contribution is 0.0948. The van der Waals surface area contributed by atoms with E-state index in [0.717, 1.165) is 12.8 Å². The van der Waals surface area contributed by atoms with Crippen LogP contribution in [-0.4, -0.2) is 33.3 Å². The fourth-order valence-corrected chi connectivity index (χ4v) is 2.95. The van der Waals surface area contributed by atoms with Crippen molar-refractivity contribution in [3.63, 3.8) is 0 Å². The highest BCUT2D eigenvalue weighted by molar-refractivity contribution is 6.06. The van der Waals surface area contributed by atoms with Gasteiger partial charge in [0.15, 0.2) is 5.69 Å². The summed E-state index contributed by atoms with van der Waals surface area (Å²) in [5, 5.41) is 5.78. The van der Waals surface area contributed by atoms with Crippen LogP contribution >= 0.6 is 0 Å². The molecule has 28 heavy (non-hydrogen) atoms. The van der Waals surface area contributed by atoms with Gasteiger partial charge >= 0.3 is 0 Å². The number of carbonyl (C=O) groups excluding carboxylic acids is 2. The summed E-state index contributed by atoms with van der Waals surface area (Å²) in [6.45, 7) is 3.84. The number of para-hydroxylation sites is 2. The number of imidazole rings is 1. The maximum atomic E-state index is 13.0. The Kier molecular flexibility index (Phi) is 4.73. The van der Waals surface area contributed by atoms with Gasteiger partial charge in [-0.25, -0.2) is 4.98 Å². The van der Waals surface area contributed by atoms with E-state index < -0.39 is 5.91 Å². The lowest BCUT2D eigenvalue weighted by Gasteiger charge is -2.14. The van der Waals surface area contributed by atoms with Crippen LogP contribution in [0.1, 0.15) is 47.8 Å². The lowest BCUT2D eigenvalue weighted by Crippen LogP contribution is -2.26. The Morgan fingerprint density at radius 3 is 2.61 bits per heavy atom. The van der Waals surface area contributed by atoms with Gasteiger partial charge in [0.25, 0.3) is 11.8 Å². The molecule has 2 heterocycles. The molecule has 1 fully saturated rings. The largest absolute Gasteiger partial charge is 0.489 e. The van der Waals surface area contributed by atoms with Gasteiger partial charge in [-0.3, -0.25) is 14.0 Å². The number of nitrogens with one attached hydrogen (secondary N) is 2. The Hall–Kier alpha value is -3.35. The first-order valence-corrected chi connectivity index (χ1v) is 9.38. The zero-order chi connectivity index (χ0) is 19.7. The summed E-state index contributed by atoms with van der Waals surface area (Å²) < 4.78 is 7.39.